The van der Waals surface area contributed by atoms with Crippen LogP contribution in [-0.2, 0) is 0 Å². The molecule has 0 fully saturated rings. The molecule has 0 aromatic carbocycles. The van der Waals surface area contributed by atoms with Gasteiger partial charge in [0, 0.05) is 0 Å². The molecule has 3 unspecified atom stereocenters. The van der Waals surface area contributed by atoms with Gasteiger partial charge in [-0.1, -0.05) is 23.2 Å². The highest BCUT2D eigenvalue weighted by Gasteiger charge is 2.41. The molecule has 5 heteroatoms. The maximum atomic E-state index is 12.3. The number of hydrogen-bond donors (Lipinski definition) is 1. The molecule has 0 radical (unpaired) electrons. The van der Waals surface area contributed by atoms with E-state index in [0.29, 0.717) is 0 Å². The lowest BCUT2D eigenvalue weighted by molar-refractivity contribution is 0.0333. The first-order chi connectivity index (χ1) is 3.89. The van der Waals surface area contributed by atoms with E-state index in [2.05, 4.69) is 11.6 Å². The van der Waals surface area contributed by atoms with Crippen LogP contribution in [0.1, 0.15) is 6.92 Å². The second-order valence-electron chi connectivity index (χ2n) is 1.65. The molecule has 0 heterocycles. The van der Waals surface area contributed by atoms with Gasteiger partial charge >= 0.3 is 0 Å². The lowest BCUT2D eigenvalue weighted by atomic mass is 10.3. The number of aliphatic hydroxyl groups excluding tert-OH is 1. The Morgan fingerprint density at radius 3 is 2.00 bits per heavy atom. The predicted octanol–water partition coefficient (Wildman–Crippen LogP) is 1.81. The van der Waals surface area contributed by atoms with Crippen molar-refractivity contribution in [2.24, 2.45) is 0 Å². The smallest absolute Gasteiger partial charge is 0.253 e. The minimum absolute atomic E-state index is 1.02. The number of halogens is 4. The first kappa shape index (κ1) is 9.40. The van der Waals surface area contributed by atoms with E-state index in [1.165, 1.54) is 0 Å². The van der Waals surface area contributed by atoms with E-state index in [-0.39, 0.29) is 0 Å². The molecule has 0 rings (SSSR count). The Kier molecular flexibility index (Phi) is 3.12. The first-order valence-corrected chi connectivity index (χ1v) is 3.04. The van der Waals surface area contributed by atoms with Crippen molar-refractivity contribution in [1.29, 1.82) is 0 Å². The molecule has 0 aromatic rings. The Bertz CT molecular complexity index is 84.6. The van der Waals surface area contributed by atoms with Gasteiger partial charge < -0.3 is 5.11 Å². The topological polar surface area (TPSA) is 20.2 Å². The Morgan fingerprint density at radius 2 is 2.00 bits per heavy atom. The average molecular weight is 179 g/mol. The summed E-state index contributed by atoms with van der Waals surface area (Å²) in [5.41, 5.74) is -2.39. The summed E-state index contributed by atoms with van der Waals surface area (Å²) in [5, 5.41) is 5.55. The van der Waals surface area contributed by atoms with E-state index in [1.807, 2.05) is 0 Å². The van der Waals surface area contributed by atoms with Crippen molar-refractivity contribution in [1.82, 2.24) is 0 Å². The molecule has 0 saturated carbocycles. The maximum Gasteiger partial charge on any atom is 0.253 e. The summed E-state index contributed by atoms with van der Waals surface area (Å²) < 4.78 is 24.2. The highest BCUT2D eigenvalue weighted by atomic mass is 35.5. The third-order valence-electron chi connectivity index (χ3n) is 0.848. The Balaban J connectivity index is 4.01. The largest absolute Gasteiger partial charge is 0.389 e. The molecule has 1 nitrogen and oxygen atoms in total. The summed E-state index contributed by atoms with van der Waals surface area (Å²) in [6.45, 7) is 1.02. The van der Waals surface area contributed by atoms with Gasteiger partial charge in [0.15, 0.2) is 0 Å². The molecule has 56 valence electrons. The fraction of sp³-hybridized carbons (Fsp3) is 1.00. The van der Waals surface area contributed by atoms with Gasteiger partial charge in [0.05, 0.1) is 0 Å². The van der Waals surface area contributed by atoms with Crippen LogP contribution in [-0.4, -0.2) is 22.0 Å². The van der Waals surface area contributed by atoms with Crippen LogP contribution in [0, 0.1) is 0 Å². The van der Waals surface area contributed by atoms with Crippen molar-refractivity contribution in [2.75, 3.05) is 0 Å². The number of aliphatic hydroxyl groups is 1. The molecule has 0 spiro atoms. The first-order valence-electron chi connectivity index (χ1n) is 2.23. The second-order valence-corrected chi connectivity index (χ2v) is 2.61. The molecule has 0 aliphatic carbocycles. The van der Waals surface area contributed by atoms with E-state index in [1.54, 1.807) is 0 Å². The standard InChI is InChI=1S/C4H6Cl2F2O/c1-2(9)4(6,8)3(5)7/h2-3,9H,1H3. The summed E-state index contributed by atoms with van der Waals surface area (Å²) in [6.07, 6.45) is -1.62. The van der Waals surface area contributed by atoms with Crippen LogP contribution in [0.25, 0.3) is 0 Å². The van der Waals surface area contributed by atoms with Crippen LogP contribution >= 0.6 is 23.2 Å². The van der Waals surface area contributed by atoms with Gasteiger partial charge in [-0.15, -0.1) is 0 Å². The van der Waals surface area contributed by atoms with Crippen molar-refractivity contribution in [3.8, 4) is 0 Å². The van der Waals surface area contributed by atoms with Crippen LogP contribution in [0.5, 0.6) is 0 Å². The van der Waals surface area contributed by atoms with Crippen LogP contribution < -0.4 is 0 Å². The second kappa shape index (κ2) is 2.99. The molecule has 3 atom stereocenters. The lowest BCUT2D eigenvalue weighted by Gasteiger charge is -2.20. The molecule has 0 saturated heterocycles. The Labute approximate surface area is 61.6 Å². The molecule has 0 aromatic heterocycles. The fourth-order valence-electron chi connectivity index (χ4n) is 0.182. The number of hydrogen-bond acceptors (Lipinski definition) is 1. The fourth-order valence-corrected chi connectivity index (χ4v) is 0.365. The van der Waals surface area contributed by atoms with E-state index in [0.717, 1.165) is 6.92 Å². The summed E-state index contributed by atoms with van der Waals surface area (Å²) in [6, 6.07) is 0. The monoisotopic (exact) mass is 178 g/mol. The molecule has 0 aliphatic heterocycles. The molecule has 0 amide bonds. The highest BCUT2D eigenvalue weighted by Crippen LogP contribution is 2.30. The van der Waals surface area contributed by atoms with Crippen molar-refractivity contribution in [3.63, 3.8) is 0 Å². The summed E-state index contributed by atoms with van der Waals surface area (Å²) in [5.74, 6) is 0. The molecular weight excluding hydrogens is 173 g/mol. The minimum Gasteiger partial charge on any atom is -0.389 e. The zero-order chi connectivity index (χ0) is 7.65. The quantitative estimate of drug-likeness (QED) is 0.640. The molecule has 1 N–H and O–H groups in total. The SMILES string of the molecule is CC(O)C(F)(Cl)C(F)Cl. The van der Waals surface area contributed by atoms with Gasteiger partial charge in [0.1, 0.15) is 6.10 Å². The van der Waals surface area contributed by atoms with Crippen LogP contribution in [0.4, 0.5) is 8.78 Å². The number of rotatable bonds is 2. The van der Waals surface area contributed by atoms with Crippen molar-refractivity contribution < 1.29 is 13.9 Å². The van der Waals surface area contributed by atoms with Crippen molar-refractivity contribution in [2.45, 2.75) is 23.8 Å². The molecular formula is C4H6Cl2F2O. The van der Waals surface area contributed by atoms with E-state index in [9.17, 15) is 8.78 Å². The lowest BCUT2D eigenvalue weighted by Crippen LogP contribution is -2.36. The van der Waals surface area contributed by atoms with E-state index >= 15 is 0 Å². The summed E-state index contributed by atoms with van der Waals surface area (Å²) in [4.78, 5) is 0. The average Bonchev–Trinajstić information content (AvgIpc) is 1.65. The van der Waals surface area contributed by atoms with Crippen molar-refractivity contribution in [3.05, 3.63) is 0 Å². The minimum atomic E-state index is -2.87. The van der Waals surface area contributed by atoms with E-state index in [4.69, 9.17) is 16.7 Å². The maximum absolute atomic E-state index is 12.3. The van der Waals surface area contributed by atoms with Crippen molar-refractivity contribution >= 4 is 23.2 Å². The van der Waals surface area contributed by atoms with Gasteiger partial charge in [0.2, 0.25) is 5.63 Å². The summed E-state index contributed by atoms with van der Waals surface area (Å²) >= 11 is 9.41. The third kappa shape index (κ3) is 2.24. The Hall–Kier alpha value is 0.400. The predicted molar refractivity (Wildman–Crippen MR) is 32.1 cm³/mol. The highest BCUT2D eigenvalue weighted by molar-refractivity contribution is 6.31. The third-order valence-corrected chi connectivity index (χ3v) is 1.78. The molecule has 0 bridgehead atoms. The zero-order valence-electron chi connectivity index (χ0n) is 4.61. The van der Waals surface area contributed by atoms with Crippen LogP contribution in [0.2, 0.25) is 0 Å². The van der Waals surface area contributed by atoms with Gasteiger partial charge in [-0.25, -0.2) is 8.78 Å². The summed E-state index contributed by atoms with van der Waals surface area (Å²) in [7, 11) is 0. The van der Waals surface area contributed by atoms with E-state index < -0.39 is 16.9 Å². The molecule has 0 aliphatic rings. The Morgan fingerprint density at radius 1 is 1.67 bits per heavy atom. The van der Waals surface area contributed by atoms with Gasteiger partial charge in [-0.3, -0.25) is 0 Å². The normalized spacial score (nSPS) is 24.7. The van der Waals surface area contributed by atoms with Gasteiger partial charge in [-0.05, 0) is 6.92 Å². The van der Waals surface area contributed by atoms with Gasteiger partial charge in [0.25, 0.3) is 5.13 Å². The molecule has 9 heavy (non-hydrogen) atoms. The van der Waals surface area contributed by atoms with Gasteiger partial charge in [-0.2, -0.15) is 0 Å². The zero-order valence-corrected chi connectivity index (χ0v) is 6.13. The van der Waals surface area contributed by atoms with Crippen LogP contribution in [0.3, 0.4) is 0 Å². The van der Waals surface area contributed by atoms with Crippen LogP contribution in [0.15, 0.2) is 0 Å². The number of alkyl halides is 4.